The molecule has 1 fully saturated rings. The van der Waals surface area contributed by atoms with Crippen molar-refractivity contribution in [3.8, 4) is 0 Å². The van der Waals surface area contributed by atoms with E-state index in [1.807, 2.05) is 31.2 Å². The van der Waals surface area contributed by atoms with Crippen molar-refractivity contribution < 1.29 is 9.53 Å². The lowest BCUT2D eigenvalue weighted by Crippen LogP contribution is -2.35. The summed E-state index contributed by atoms with van der Waals surface area (Å²) in [4.78, 5) is 14.6. The first-order valence-electron chi connectivity index (χ1n) is 8.43. The van der Waals surface area contributed by atoms with Crippen LogP contribution in [-0.2, 0) is 17.8 Å². The minimum atomic E-state index is -0.0303. The van der Waals surface area contributed by atoms with E-state index in [2.05, 4.69) is 34.5 Å². The van der Waals surface area contributed by atoms with E-state index in [0.717, 1.165) is 44.0 Å². The Morgan fingerprint density at radius 1 is 1.08 bits per heavy atom. The summed E-state index contributed by atoms with van der Waals surface area (Å²) in [7, 11) is 0. The second-order valence-electron chi connectivity index (χ2n) is 6.26. The summed E-state index contributed by atoms with van der Waals surface area (Å²) in [5.74, 6) is -0.0303. The molecule has 4 nitrogen and oxygen atoms in total. The third-order valence-electron chi connectivity index (χ3n) is 4.23. The van der Waals surface area contributed by atoms with Crippen molar-refractivity contribution in [1.29, 1.82) is 0 Å². The monoisotopic (exact) mass is 324 g/mol. The molecule has 0 aromatic heterocycles. The number of benzene rings is 2. The molecule has 0 unspecified atom stereocenters. The molecule has 1 N–H and O–H groups in total. The number of hydrogen-bond donors (Lipinski definition) is 1. The highest BCUT2D eigenvalue weighted by molar-refractivity contribution is 5.94. The molecule has 0 atom stereocenters. The third-order valence-corrected chi connectivity index (χ3v) is 4.23. The van der Waals surface area contributed by atoms with Gasteiger partial charge in [0.25, 0.3) is 5.91 Å². The molecule has 1 amide bonds. The zero-order valence-corrected chi connectivity index (χ0v) is 14.1. The van der Waals surface area contributed by atoms with Crippen molar-refractivity contribution in [2.24, 2.45) is 0 Å². The van der Waals surface area contributed by atoms with Crippen molar-refractivity contribution in [3.05, 3.63) is 70.8 Å². The number of carbonyl (C=O) groups is 1. The first-order chi connectivity index (χ1) is 11.7. The molecule has 4 heteroatoms. The van der Waals surface area contributed by atoms with Gasteiger partial charge in [-0.1, -0.05) is 42.0 Å². The zero-order valence-electron chi connectivity index (χ0n) is 14.1. The van der Waals surface area contributed by atoms with Gasteiger partial charge in [-0.25, -0.2) is 0 Å². The number of rotatable bonds is 5. The van der Waals surface area contributed by atoms with Crippen LogP contribution < -0.4 is 5.32 Å². The lowest BCUT2D eigenvalue weighted by atomic mass is 10.1. The molecule has 0 bridgehead atoms. The van der Waals surface area contributed by atoms with Crippen LogP contribution in [0.15, 0.2) is 48.5 Å². The molecule has 1 aliphatic rings. The molecule has 2 aromatic carbocycles. The second kappa shape index (κ2) is 8.08. The largest absolute Gasteiger partial charge is 0.379 e. The maximum atomic E-state index is 12.2. The van der Waals surface area contributed by atoms with Gasteiger partial charge >= 0.3 is 0 Å². The zero-order chi connectivity index (χ0) is 16.8. The quantitative estimate of drug-likeness (QED) is 0.919. The Hall–Kier alpha value is -2.17. The normalized spacial score (nSPS) is 15.2. The third kappa shape index (κ3) is 4.66. The molecule has 1 aliphatic heterocycles. The Morgan fingerprint density at radius 3 is 2.62 bits per heavy atom. The van der Waals surface area contributed by atoms with Crippen LogP contribution in [0, 0.1) is 6.92 Å². The van der Waals surface area contributed by atoms with Crippen LogP contribution >= 0.6 is 0 Å². The standard InChI is InChI=1S/C20H24N2O2/c1-16-4-2-7-19(12-16)20(23)21-14-17-5-3-6-18(13-17)15-22-8-10-24-11-9-22/h2-7,12-13H,8-11,14-15H2,1H3,(H,21,23). The van der Waals surface area contributed by atoms with E-state index >= 15 is 0 Å². The molecule has 1 heterocycles. The molecular weight excluding hydrogens is 300 g/mol. The van der Waals surface area contributed by atoms with Gasteiger partial charge in [-0.3, -0.25) is 9.69 Å². The molecule has 3 rings (SSSR count). The molecule has 126 valence electrons. The fraction of sp³-hybridized carbons (Fsp3) is 0.350. The molecule has 1 saturated heterocycles. The number of nitrogens with zero attached hydrogens (tertiary/aromatic N) is 1. The van der Waals surface area contributed by atoms with Gasteiger partial charge in [-0.05, 0) is 30.2 Å². The van der Waals surface area contributed by atoms with Crippen LogP contribution in [0.1, 0.15) is 27.0 Å². The van der Waals surface area contributed by atoms with Gasteiger partial charge in [0.2, 0.25) is 0 Å². The summed E-state index contributed by atoms with van der Waals surface area (Å²) in [6.45, 7) is 7.06. The van der Waals surface area contributed by atoms with Crippen molar-refractivity contribution >= 4 is 5.91 Å². The Morgan fingerprint density at radius 2 is 1.83 bits per heavy atom. The average Bonchev–Trinajstić information content (AvgIpc) is 2.61. The van der Waals surface area contributed by atoms with E-state index in [0.29, 0.717) is 12.1 Å². The maximum Gasteiger partial charge on any atom is 0.251 e. The minimum absolute atomic E-state index is 0.0303. The summed E-state index contributed by atoms with van der Waals surface area (Å²) in [6.07, 6.45) is 0. The summed E-state index contributed by atoms with van der Waals surface area (Å²) in [5.41, 5.74) is 4.20. The number of aryl methyl sites for hydroxylation is 1. The number of hydrogen-bond acceptors (Lipinski definition) is 3. The van der Waals surface area contributed by atoms with Crippen molar-refractivity contribution in [3.63, 3.8) is 0 Å². The van der Waals surface area contributed by atoms with E-state index in [4.69, 9.17) is 4.74 Å². The second-order valence-corrected chi connectivity index (χ2v) is 6.26. The van der Waals surface area contributed by atoms with E-state index in [1.165, 1.54) is 5.56 Å². The molecule has 24 heavy (non-hydrogen) atoms. The van der Waals surface area contributed by atoms with Crippen LogP contribution in [-0.4, -0.2) is 37.1 Å². The van der Waals surface area contributed by atoms with Gasteiger partial charge in [0.15, 0.2) is 0 Å². The highest BCUT2D eigenvalue weighted by Gasteiger charge is 2.11. The van der Waals surface area contributed by atoms with Crippen LogP contribution in [0.4, 0.5) is 0 Å². The fourth-order valence-corrected chi connectivity index (χ4v) is 2.93. The first kappa shape index (κ1) is 16.7. The minimum Gasteiger partial charge on any atom is -0.379 e. The smallest absolute Gasteiger partial charge is 0.251 e. The average molecular weight is 324 g/mol. The molecule has 0 saturated carbocycles. The Labute approximate surface area is 143 Å². The molecular formula is C20H24N2O2. The summed E-state index contributed by atoms with van der Waals surface area (Å²) >= 11 is 0. The number of nitrogens with one attached hydrogen (secondary N) is 1. The van der Waals surface area contributed by atoms with Gasteiger partial charge < -0.3 is 10.1 Å². The van der Waals surface area contributed by atoms with Crippen LogP contribution in [0.25, 0.3) is 0 Å². The fourth-order valence-electron chi connectivity index (χ4n) is 2.93. The first-order valence-corrected chi connectivity index (χ1v) is 8.43. The van der Waals surface area contributed by atoms with Gasteiger partial charge in [0, 0.05) is 31.7 Å². The van der Waals surface area contributed by atoms with Crippen LogP contribution in [0.3, 0.4) is 0 Å². The molecule has 0 radical (unpaired) electrons. The number of amides is 1. The summed E-state index contributed by atoms with van der Waals surface area (Å²) < 4.78 is 5.39. The van der Waals surface area contributed by atoms with Gasteiger partial charge in [0.1, 0.15) is 0 Å². The van der Waals surface area contributed by atoms with Crippen molar-refractivity contribution in [1.82, 2.24) is 10.2 Å². The highest BCUT2D eigenvalue weighted by atomic mass is 16.5. The molecule has 0 aliphatic carbocycles. The lowest BCUT2D eigenvalue weighted by Gasteiger charge is -2.26. The Bertz CT molecular complexity index is 694. The van der Waals surface area contributed by atoms with Crippen molar-refractivity contribution in [2.75, 3.05) is 26.3 Å². The van der Waals surface area contributed by atoms with Gasteiger partial charge in [-0.15, -0.1) is 0 Å². The van der Waals surface area contributed by atoms with E-state index in [-0.39, 0.29) is 5.91 Å². The predicted molar refractivity (Wildman–Crippen MR) is 94.9 cm³/mol. The number of carbonyl (C=O) groups excluding carboxylic acids is 1. The Balaban J connectivity index is 1.57. The van der Waals surface area contributed by atoms with Gasteiger partial charge in [-0.2, -0.15) is 0 Å². The lowest BCUT2D eigenvalue weighted by molar-refractivity contribution is 0.0342. The van der Waals surface area contributed by atoms with Gasteiger partial charge in [0.05, 0.1) is 13.2 Å². The maximum absolute atomic E-state index is 12.2. The predicted octanol–water partition coefficient (Wildman–Crippen LogP) is 2.76. The summed E-state index contributed by atoms with van der Waals surface area (Å²) in [6, 6.07) is 16.1. The van der Waals surface area contributed by atoms with Crippen LogP contribution in [0.5, 0.6) is 0 Å². The van der Waals surface area contributed by atoms with E-state index < -0.39 is 0 Å². The van der Waals surface area contributed by atoms with Crippen molar-refractivity contribution in [2.45, 2.75) is 20.0 Å². The SMILES string of the molecule is Cc1cccc(C(=O)NCc2cccc(CN3CCOCC3)c2)c1. The van der Waals surface area contributed by atoms with E-state index in [9.17, 15) is 4.79 Å². The highest BCUT2D eigenvalue weighted by Crippen LogP contribution is 2.10. The van der Waals surface area contributed by atoms with Crippen LogP contribution in [0.2, 0.25) is 0 Å². The number of ether oxygens (including phenoxy) is 1. The summed E-state index contributed by atoms with van der Waals surface area (Å²) in [5, 5.41) is 3.00. The molecule has 2 aromatic rings. The Kier molecular flexibility index (Phi) is 5.62. The van der Waals surface area contributed by atoms with E-state index in [1.54, 1.807) is 0 Å². The molecule has 0 spiro atoms. The number of morpholine rings is 1. The topological polar surface area (TPSA) is 41.6 Å².